The number of rotatable bonds is 6. The second kappa shape index (κ2) is 8.60. The average molecular weight is 358 g/mol. The Morgan fingerprint density at radius 3 is 2.96 bits per heavy atom. The number of carbonyl (C=O) groups excluding carboxylic acids is 1. The van der Waals surface area contributed by atoms with Gasteiger partial charge in [-0.15, -0.1) is 10.2 Å². The Balaban J connectivity index is 1.50. The zero-order valence-electron chi connectivity index (χ0n) is 14.8. The molecule has 2 heterocycles. The minimum atomic E-state index is -0.252. The van der Waals surface area contributed by atoms with Gasteiger partial charge in [0.2, 0.25) is 11.8 Å². The lowest BCUT2D eigenvalue weighted by atomic mass is 9.97. The number of piperidine rings is 1. The van der Waals surface area contributed by atoms with Crippen LogP contribution in [0.2, 0.25) is 0 Å². The molecule has 0 saturated carbocycles. The maximum atomic E-state index is 13.2. The molecule has 1 aromatic heterocycles. The highest BCUT2D eigenvalue weighted by Crippen LogP contribution is 2.22. The number of amides is 1. The van der Waals surface area contributed by atoms with Crippen LogP contribution in [0, 0.1) is 11.7 Å². The number of benzene rings is 1. The maximum Gasteiger partial charge on any atom is 0.233 e. The van der Waals surface area contributed by atoms with E-state index >= 15 is 0 Å². The summed E-state index contributed by atoms with van der Waals surface area (Å²) in [7, 11) is 1.55. The maximum absolute atomic E-state index is 13.2. The van der Waals surface area contributed by atoms with Crippen molar-refractivity contribution >= 4 is 11.7 Å². The largest absolute Gasteiger partial charge is 0.480 e. The molecule has 1 aliphatic rings. The molecular formula is C19H23FN4O2. The molecule has 1 aromatic carbocycles. The van der Waals surface area contributed by atoms with E-state index in [2.05, 4.69) is 20.4 Å². The van der Waals surface area contributed by atoms with E-state index in [1.807, 2.05) is 12.1 Å². The van der Waals surface area contributed by atoms with Gasteiger partial charge in [0, 0.05) is 25.7 Å². The summed E-state index contributed by atoms with van der Waals surface area (Å²) in [6.45, 7) is 1.97. The molecule has 1 atom stereocenters. The van der Waals surface area contributed by atoms with E-state index in [1.165, 1.54) is 12.1 Å². The van der Waals surface area contributed by atoms with Gasteiger partial charge in [-0.05, 0) is 43.0 Å². The fourth-order valence-corrected chi connectivity index (χ4v) is 3.16. The highest BCUT2D eigenvalue weighted by atomic mass is 19.1. The van der Waals surface area contributed by atoms with Crippen LogP contribution in [0.4, 0.5) is 10.2 Å². The number of ether oxygens (including phenoxy) is 1. The first-order chi connectivity index (χ1) is 12.7. The first kappa shape index (κ1) is 18.1. The lowest BCUT2D eigenvalue weighted by Crippen LogP contribution is -2.43. The monoisotopic (exact) mass is 358 g/mol. The molecule has 6 nitrogen and oxygen atoms in total. The highest BCUT2D eigenvalue weighted by Gasteiger charge is 2.26. The molecule has 138 valence electrons. The van der Waals surface area contributed by atoms with Crippen molar-refractivity contribution in [3.8, 4) is 5.88 Å². The highest BCUT2D eigenvalue weighted by molar-refractivity contribution is 5.79. The van der Waals surface area contributed by atoms with Crippen LogP contribution < -0.4 is 15.0 Å². The molecule has 7 heteroatoms. The number of halogens is 1. The zero-order valence-corrected chi connectivity index (χ0v) is 14.8. The standard InChI is InChI=1S/C19H23FN4O2/c1-26-18-8-7-17(22-23-18)24-11-3-5-15(13-24)19(25)21-10-9-14-4-2-6-16(20)12-14/h2,4,6-8,12,15H,3,5,9-11,13H2,1H3,(H,21,25). The molecule has 1 saturated heterocycles. The van der Waals surface area contributed by atoms with Crippen molar-refractivity contribution in [2.45, 2.75) is 19.3 Å². The van der Waals surface area contributed by atoms with Crippen LogP contribution in [-0.2, 0) is 11.2 Å². The first-order valence-corrected chi connectivity index (χ1v) is 8.80. The summed E-state index contributed by atoms with van der Waals surface area (Å²) in [4.78, 5) is 14.5. The molecule has 1 aliphatic heterocycles. The smallest absolute Gasteiger partial charge is 0.233 e. The van der Waals surface area contributed by atoms with Gasteiger partial charge >= 0.3 is 0 Å². The van der Waals surface area contributed by atoms with E-state index in [-0.39, 0.29) is 17.6 Å². The van der Waals surface area contributed by atoms with Gasteiger partial charge in [-0.3, -0.25) is 4.79 Å². The molecule has 2 aromatic rings. The third-order valence-electron chi connectivity index (χ3n) is 4.55. The van der Waals surface area contributed by atoms with Crippen LogP contribution in [-0.4, -0.2) is 42.8 Å². The van der Waals surface area contributed by atoms with E-state index in [9.17, 15) is 9.18 Å². The second-order valence-corrected chi connectivity index (χ2v) is 6.39. The van der Waals surface area contributed by atoms with E-state index < -0.39 is 0 Å². The van der Waals surface area contributed by atoms with Crippen molar-refractivity contribution in [1.29, 1.82) is 0 Å². The molecule has 0 spiro atoms. The van der Waals surface area contributed by atoms with E-state index in [0.29, 0.717) is 25.4 Å². The minimum absolute atomic E-state index is 0.0348. The Kier molecular flexibility index (Phi) is 5.99. The molecule has 0 aliphatic carbocycles. The van der Waals surface area contributed by atoms with Gasteiger partial charge in [0.15, 0.2) is 5.82 Å². The fourth-order valence-electron chi connectivity index (χ4n) is 3.16. The number of carbonyl (C=O) groups is 1. The van der Waals surface area contributed by atoms with Gasteiger partial charge in [-0.2, -0.15) is 0 Å². The van der Waals surface area contributed by atoms with Crippen LogP contribution in [0.15, 0.2) is 36.4 Å². The van der Waals surface area contributed by atoms with Gasteiger partial charge in [0.05, 0.1) is 13.0 Å². The molecule has 1 unspecified atom stereocenters. The predicted molar refractivity (Wildman–Crippen MR) is 96.6 cm³/mol. The first-order valence-electron chi connectivity index (χ1n) is 8.80. The van der Waals surface area contributed by atoms with Gasteiger partial charge in [-0.1, -0.05) is 12.1 Å². The Morgan fingerprint density at radius 1 is 1.35 bits per heavy atom. The van der Waals surface area contributed by atoms with Crippen molar-refractivity contribution in [3.63, 3.8) is 0 Å². The third-order valence-corrected chi connectivity index (χ3v) is 4.55. The summed E-state index contributed by atoms with van der Waals surface area (Å²) < 4.78 is 18.2. The normalized spacial score (nSPS) is 17.0. The molecule has 3 rings (SSSR count). The van der Waals surface area contributed by atoms with Gasteiger partial charge in [-0.25, -0.2) is 4.39 Å². The van der Waals surface area contributed by atoms with Gasteiger partial charge in [0.1, 0.15) is 5.82 Å². The summed E-state index contributed by atoms with van der Waals surface area (Å²) in [6.07, 6.45) is 2.39. The number of aromatic nitrogens is 2. The van der Waals surface area contributed by atoms with E-state index in [0.717, 1.165) is 30.8 Å². The topological polar surface area (TPSA) is 67.3 Å². The number of hydrogen-bond donors (Lipinski definition) is 1. The molecular weight excluding hydrogens is 335 g/mol. The lowest BCUT2D eigenvalue weighted by molar-refractivity contribution is -0.125. The zero-order chi connectivity index (χ0) is 18.4. The number of nitrogens with zero attached hydrogens (tertiary/aromatic N) is 3. The van der Waals surface area contributed by atoms with E-state index in [1.54, 1.807) is 19.2 Å². The molecule has 0 radical (unpaired) electrons. The van der Waals surface area contributed by atoms with Crippen LogP contribution in [0.5, 0.6) is 5.88 Å². The molecule has 0 bridgehead atoms. The lowest BCUT2D eigenvalue weighted by Gasteiger charge is -2.32. The van der Waals surface area contributed by atoms with Crippen LogP contribution in [0.25, 0.3) is 0 Å². The van der Waals surface area contributed by atoms with Crippen molar-refractivity contribution in [2.75, 3.05) is 31.6 Å². The number of hydrogen-bond acceptors (Lipinski definition) is 5. The Morgan fingerprint density at radius 2 is 2.23 bits per heavy atom. The average Bonchev–Trinajstić information content (AvgIpc) is 2.68. The summed E-state index contributed by atoms with van der Waals surface area (Å²) in [5.74, 6) is 0.922. The second-order valence-electron chi connectivity index (χ2n) is 6.39. The van der Waals surface area contributed by atoms with E-state index in [4.69, 9.17) is 4.74 Å². The van der Waals surface area contributed by atoms with Crippen LogP contribution >= 0.6 is 0 Å². The molecule has 26 heavy (non-hydrogen) atoms. The van der Waals surface area contributed by atoms with Crippen molar-refractivity contribution in [2.24, 2.45) is 5.92 Å². The predicted octanol–water partition coefficient (Wildman–Crippen LogP) is 2.20. The Hall–Kier alpha value is -2.70. The molecule has 1 N–H and O–H groups in total. The van der Waals surface area contributed by atoms with Crippen molar-refractivity contribution < 1.29 is 13.9 Å². The fraction of sp³-hybridized carbons (Fsp3) is 0.421. The Labute approximate surface area is 152 Å². The summed E-state index contributed by atoms with van der Waals surface area (Å²) in [5, 5.41) is 11.1. The molecule has 1 fully saturated rings. The van der Waals surface area contributed by atoms with Crippen molar-refractivity contribution in [1.82, 2.24) is 15.5 Å². The summed E-state index contributed by atoms with van der Waals surface area (Å²) in [6, 6.07) is 10.1. The number of anilines is 1. The van der Waals surface area contributed by atoms with Crippen LogP contribution in [0.1, 0.15) is 18.4 Å². The quantitative estimate of drug-likeness (QED) is 0.857. The van der Waals surface area contributed by atoms with Gasteiger partial charge < -0.3 is 15.0 Å². The number of nitrogens with one attached hydrogen (secondary N) is 1. The minimum Gasteiger partial charge on any atom is -0.480 e. The third kappa shape index (κ3) is 4.68. The van der Waals surface area contributed by atoms with Gasteiger partial charge in [0.25, 0.3) is 0 Å². The number of methoxy groups -OCH3 is 1. The molecule has 1 amide bonds. The van der Waals surface area contributed by atoms with Crippen molar-refractivity contribution in [3.05, 3.63) is 47.8 Å². The summed E-state index contributed by atoms with van der Waals surface area (Å²) in [5.41, 5.74) is 0.879. The summed E-state index contributed by atoms with van der Waals surface area (Å²) >= 11 is 0. The Bertz CT molecular complexity index is 739. The SMILES string of the molecule is COc1ccc(N2CCCC(C(=O)NCCc3cccc(F)c3)C2)nn1. The van der Waals surface area contributed by atoms with Crippen LogP contribution in [0.3, 0.4) is 0 Å².